The van der Waals surface area contributed by atoms with Gasteiger partial charge in [0.2, 0.25) is 5.91 Å². The molecule has 2 heterocycles. The molecule has 1 atom stereocenters. The minimum Gasteiger partial charge on any atom is -0.281 e. The lowest BCUT2D eigenvalue weighted by atomic mass is 9.77. The van der Waals surface area contributed by atoms with E-state index in [4.69, 9.17) is 0 Å². The number of likely N-dealkylation sites (N-methyl/N-ethyl adjacent to an activating group) is 1. The van der Waals surface area contributed by atoms with Crippen LogP contribution in [-0.2, 0) is 4.79 Å². The van der Waals surface area contributed by atoms with Crippen LogP contribution in [0.3, 0.4) is 0 Å². The Morgan fingerprint density at radius 3 is 2.70 bits per heavy atom. The van der Waals surface area contributed by atoms with Crippen molar-refractivity contribution in [2.24, 2.45) is 0 Å². The first kappa shape index (κ1) is 13.1. The van der Waals surface area contributed by atoms with Crippen LogP contribution >= 0.6 is 11.8 Å². The van der Waals surface area contributed by atoms with Gasteiger partial charge >= 0.3 is 0 Å². The van der Waals surface area contributed by atoms with E-state index in [0.717, 1.165) is 16.7 Å². The van der Waals surface area contributed by atoms with E-state index < -0.39 is 0 Å². The molecule has 112 valence electrons. The number of hydrogen-bond donors (Lipinski definition) is 0. The number of carbonyl (C=O) groups excluding carboxylic acids is 2. The largest absolute Gasteiger partial charge is 0.281 e. The van der Waals surface area contributed by atoms with Gasteiger partial charge in [-0.1, -0.05) is 42.1 Å². The van der Waals surface area contributed by atoms with Crippen LogP contribution in [0.5, 0.6) is 0 Å². The molecular weight excluding hydrogens is 306 g/mol. The third kappa shape index (κ3) is 1.56. The van der Waals surface area contributed by atoms with E-state index in [1.807, 2.05) is 24.3 Å². The molecule has 1 unspecified atom stereocenters. The summed E-state index contributed by atoms with van der Waals surface area (Å²) in [5.41, 5.74) is 5.04. The van der Waals surface area contributed by atoms with E-state index in [9.17, 15) is 9.59 Å². The van der Waals surface area contributed by atoms with Crippen LogP contribution < -0.4 is 0 Å². The number of thioether (sulfide) groups is 1. The molecule has 2 aromatic rings. The average Bonchev–Trinajstić information content (AvgIpc) is 2.59. The summed E-state index contributed by atoms with van der Waals surface area (Å²) in [7, 11) is 1.58. The van der Waals surface area contributed by atoms with Gasteiger partial charge in [-0.15, -0.1) is 0 Å². The van der Waals surface area contributed by atoms with Crippen LogP contribution in [0.4, 0.5) is 0 Å². The van der Waals surface area contributed by atoms with E-state index >= 15 is 0 Å². The van der Waals surface area contributed by atoms with Gasteiger partial charge in [0.15, 0.2) is 0 Å². The van der Waals surface area contributed by atoms with Crippen molar-refractivity contribution < 1.29 is 9.59 Å². The summed E-state index contributed by atoms with van der Waals surface area (Å²) < 4.78 is 0. The summed E-state index contributed by atoms with van der Waals surface area (Å²) in [4.78, 5) is 28.7. The van der Waals surface area contributed by atoms with Crippen LogP contribution in [0.15, 0.2) is 47.4 Å². The molecular formula is C19H13NO2S. The summed E-state index contributed by atoms with van der Waals surface area (Å²) in [6.45, 7) is 0. The van der Waals surface area contributed by atoms with Gasteiger partial charge in [-0.25, -0.2) is 0 Å². The quantitative estimate of drug-likeness (QED) is 0.691. The van der Waals surface area contributed by atoms with Crippen molar-refractivity contribution in [2.45, 2.75) is 17.2 Å². The first-order chi connectivity index (χ1) is 11.2. The van der Waals surface area contributed by atoms with Crippen LogP contribution in [0, 0.1) is 0 Å². The fraction of sp³-hybridized carbons (Fsp3) is 0.158. The summed E-state index contributed by atoms with van der Waals surface area (Å²) in [6.07, 6.45) is 2.83. The average molecular weight is 319 g/mol. The highest BCUT2D eigenvalue weighted by Gasteiger charge is 2.42. The van der Waals surface area contributed by atoms with Gasteiger partial charge in [-0.2, -0.15) is 0 Å². The molecule has 0 bridgehead atoms. The zero-order valence-electron chi connectivity index (χ0n) is 12.5. The monoisotopic (exact) mass is 319 g/mol. The van der Waals surface area contributed by atoms with Gasteiger partial charge in [0, 0.05) is 28.0 Å². The van der Waals surface area contributed by atoms with Crippen molar-refractivity contribution in [3.05, 3.63) is 59.2 Å². The molecule has 1 aliphatic carbocycles. The number of rotatable bonds is 0. The second-order valence-electron chi connectivity index (χ2n) is 6.11. The highest BCUT2D eigenvalue weighted by atomic mass is 32.2. The van der Waals surface area contributed by atoms with Crippen LogP contribution in [0.1, 0.15) is 33.8 Å². The molecule has 0 aromatic heterocycles. The van der Waals surface area contributed by atoms with E-state index in [1.54, 1.807) is 18.8 Å². The standard InChI is InChI=1S/C19H13NO2S/c1-20-18(21)12-7-6-11-10-4-2-3-5-14(10)23-15-9-8-13(19(20)22)16(12)17(11)15/h2-7,9,13H,8H2,1H3. The van der Waals surface area contributed by atoms with Gasteiger partial charge in [0.25, 0.3) is 5.91 Å². The predicted octanol–water partition coefficient (Wildman–Crippen LogP) is 3.90. The smallest absolute Gasteiger partial charge is 0.260 e. The van der Waals surface area contributed by atoms with E-state index in [-0.39, 0.29) is 17.7 Å². The Kier molecular flexibility index (Phi) is 2.49. The Morgan fingerprint density at radius 1 is 1.04 bits per heavy atom. The van der Waals surface area contributed by atoms with E-state index in [0.29, 0.717) is 12.0 Å². The molecule has 3 aliphatic rings. The van der Waals surface area contributed by atoms with Gasteiger partial charge in [0.1, 0.15) is 0 Å². The fourth-order valence-corrected chi connectivity index (χ4v) is 5.00. The lowest BCUT2D eigenvalue weighted by molar-refractivity contribution is -0.129. The molecule has 2 aromatic carbocycles. The zero-order chi connectivity index (χ0) is 15.7. The topological polar surface area (TPSA) is 37.4 Å². The molecule has 0 saturated heterocycles. The van der Waals surface area contributed by atoms with Crippen LogP contribution in [0.2, 0.25) is 0 Å². The van der Waals surface area contributed by atoms with Crippen molar-refractivity contribution in [3.63, 3.8) is 0 Å². The maximum Gasteiger partial charge on any atom is 0.260 e. The van der Waals surface area contributed by atoms with E-state index in [1.165, 1.54) is 20.3 Å². The summed E-state index contributed by atoms with van der Waals surface area (Å²) in [5.74, 6) is -0.499. The van der Waals surface area contributed by atoms with Crippen molar-refractivity contribution in [3.8, 4) is 11.1 Å². The summed E-state index contributed by atoms with van der Waals surface area (Å²) >= 11 is 1.74. The molecule has 23 heavy (non-hydrogen) atoms. The van der Waals surface area contributed by atoms with E-state index in [2.05, 4.69) is 18.2 Å². The molecule has 0 N–H and O–H groups in total. The third-order valence-electron chi connectivity index (χ3n) is 4.94. The lowest BCUT2D eigenvalue weighted by Gasteiger charge is -2.37. The highest BCUT2D eigenvalue weighted by molar-refractivity contribution is 8.08. The minimum atomic E-state index is -0.225. The Hall–Kier alpha value is -2.33. The number of nitrogens with zero attached hydrogens (tertiary/aromatic N) is 1. The van der Waals surface area contributed by atoms with Gasteiger partial charge < -0.3 is 0 Å². The Labute approximate surface area is 138 Å². The van der Waals surface area contributed by atoms with Gasteiger partial charge in [-0.3, -0.25) is 14.5 Å². The number of amides is 2. The third-order valence-corrected chi connectivity index (χ3v) is 6.11. The van der Waals surface area contributed by atoms with Crippen molar-refractivity contribution in [1.29, 1.82) is 0 Å². The normalized spacial score (nSPS) is 20.8. The number of fused-ring (bicyclic) bond motifs is 2. The maximum atomic E-state index is 12.6. The molecule has 0 radical (unpaired) electrons. The van der Waals surface area contributed by atoms with Crippen LogP contribution in [-0.4, -0.2) is 23.8 Å². The first-order valence-corrected chi connectivity index (χ1v) is 8.45. The molecule has 0 saturated carbocycles. The van der Waals surface area contributed by atoms with Crippen molar-refractivity contribution in [1.82, 2.24) is 4.90 Å². The van der Waals surface area contributed by atoms with Gasteiger partial charge in [0.05, 0.1) is 5.92 Å². The summed E-state index contributed by atoms with van der Waals surface area (Å²) in [6, 6.07) is 12.2. The Balaban J connectivity index is 1.88. The highest BCUT2D eigenvalue weighted by Crippen LogP contribution is 2.55. The van der Waals surface area contributed by atoms with Crippen molar-refractivity contribution >= 4 is 28.5 Å². The predicted molar refractivity (Wildman–Crippen MR) is 90.2 cm³/mol. The molecule has 0 spiro atoms. The minimum absolute atomic E-state index is 0.0879. The Morgan fingerprint density at radius 2 is 1.83 bits per heavy atom. The summed E-state index contributed by atoms with van der Waals surface area (Å²) in [5, 5.41) is 0. The number of carbonyl (C=O) groups is 2. The van der Waals surface area contributed by atoms with Crippen LogP contribution in [0.25, 0.3) is 16.0 Å². The lowest BCUT2D eigenvalue weighted by Crippen LogP contribution is -2.43. The molecule has 5 rings (SSSR count). The number of imide groups is 1. The molecule has 4 heteroatoms. The second kappa shape index (κ2) is 4.36. The number of benzene rings is 2. The molecule has 2 amide bonds. The Bertz CT molecular complexity index is 944. The molecule has 0 fully saturated rings. The molecule has 2 aliphatic heterocycles. The maximum absolute atomic E-state index is 12.6. The SMILES string of the molecule is CN1C(=O)c2ccc3c4c2C(CC=C4Sc2ccccc2-3)C1=O. The fourth-order valence-electron chi connectivity index (χ4n) is 3.83. The zero-order valence-corrected chi connectivity index (χ0v) is 13.3. The first-order valence-electron chi connectivity index (χ1n) is 7.63. The number of hydrogen-bond acceptors (Lipinski definition) is 3. The molecule has 3 nitrogen and oxygen atoms in total. The van der Waals surface area contributed by atoms with Gasteiger partial charge in [-0.05, 0) is 35.2 Å². The number of allylic oxidation sites excluding steroid dienone is 1. The second-order valence-corrected chi connectivity index (χ2v) is 7.19. The van der Waals surface area contributed by atoms with Crippen molar-refractivity contribution in [2.75, 3.05) is 7.05 Å².